The minimum atomic E-state index is -0.176. The van der Waals surface area contributed by atoms with Crippen LogP contribution in [0, 0.1) is 0 Å². The second kappa shape index (κ2) is 9.58. The highest BCUT2D eigenvalue weighted by atomic mass is 32.1. The Morgan fingerprint density at radius 3 is 2.57 bits per heavy atom. The zero-order valence-corrected chi connectivity index (χ0v) is 18.2. The summed E-state index contributed by atoms with van der Waals surface area (Å²) in [7, 11) is 0. The molecule has 0 fully saturated rings. The monoisotopic (exact) mass is 424 g/mol. The summed E-state index contributed by atoms with van der Waals surface area (Å²) < 4.78 is 5.61. The van der Waals surface area contributed by atoms with E-state index in [1.807, 2.05) is 23.6 Å². The number of hydrogen-bond acceptors (Lipinski definition) is 5. The fourth-order valence-electron chi connectivity index (χ4n) is 4.06. The highest BCUT2D eigenvalue weighted by Crippen LogP contribution is 2.36. The summed E-state index contributed by atoms with van der Waals surface area (Å²) in [4.78, 5) is 31.0. The van der Waals surface area contributed by atoms with E-state index in [1.54, 1.807) is 0 Å². The van der Waals surface area contributed by atoms with Crippen LogP contribution in [0.5, 0.6) is 0 Å². The predicted octanol–water partition coefficient (Wildman–Crippen LogP) is 4.09. The summed E-state index contributed by atoms with van der Waals surface area (Å²) in [6, 6.07) is 12.2. The summed E-state index contributed by atoms with van der Waals surface area (Å²) >= 11 is 1.51. The molecule has 1 aromatic heterocycles. The largest absolute Gasteiger partial charge is 0.381 e. The molecule has 2 aliphatic heterocycles. The second-order valence-electron chi connectivity index (χ2n) is 7.72. The molecular weight excluding hydrogens is 396 g/mol. The van der Waals surface area contributed by atoms with Gasteiger partial charge in [0.2, 0.25) is 0 Å². The Labute approximate surface area is 181 Å². The Hall–Kier alpha value is -2.44. The van der Waals surface area contributed by atoms with E-state index in [9.17, 15) is 9.59 Å². The van der Waals surface area contributed by atoms with Crippen molar-refractivity contribution in [2.24, 2.45) is 0 Å². The van der Waals surface area contributed by atoms with Gasteiger partial charge < -0.3 is 9.64 Å². The smallest absolute Gasteiger partial charge is 0.277 e. The van der Waals surface area contributed by atoms with E-state index in [2.05, 4.69) is 30.0 Å². The minimum absolute atomic E-state index is 0.170. The fraction of sp³-hybridized carbons (Fsp3) is 0.417. The number of ether oxygens (including phenoxy) is 1. The molecule has 0 saturated heterocycles. The van der Waals surface area contributed by atoms with Gasteiger partial charge in [0, 0.05) is 37.7 Å². The first-order chi connectivity index (χ1) is 14.7. The number of nitrogens with zero attached hydrogens (tertiary/aromatic N) is 2. The lowest BCUT2D eigenvalue weighted by Crippen LogP contribution is -2.38. The van der Waals surface area contributed by atoms with Crippen molar-refractivity contribution in [1.82, 2.24) is 9.80 Å². The number of thiophene rings is 1. The third kappa shape index (κ3) is 4.20. The Morgan fingerprint density at radius 2 is 1.80 bits per heavy atom. The molecule has 3 heterocycles. The van der Waals surface area contributed by atoms with Crippen molar-refractivity contribution in [3.05, 3.63) is 63.5 Å². The van der Waals surface area contributed by atoms with Crippen molar-refractivity contribution < 1.29 is 14.3 Å². The predicted molar refractivity (Wildman–Crippen MR) is 119 cm³/mol. The lowest BCUT2D eigenvalue weighted by molar-refractivity contribution is -0.137. The molecule has 0 saturated carbocycles. The van der Waals surface area contributed by atoms with E-state index in [4.69, 9.17) is 4.74 Å². The van der Waals surface area contributed by atoms with Crippen molar-refractivity contribution >= 4 is 28.7 Å². The molecule has 5 nitrogen and oxygen atoms in total. The van der Waals surface area contributed by atoms with E-state index in [0.29, 0.717) is 37.4 Å². The number of fused-ring (bicyclic) bond motifs is 1. The molecule has 0 aliphatic carbocycles. The third-order valence-electron chi connectivity index (χ3n) is 5.67. The minimum Gasteiger partial charge on any atom is -0.381 e. The molecule has 2 aliphatic rings. The van der Waals surface area contributed by atoms with Gasteiger partial charge in [0.25, 0.3) is 11.8 Å². The summed E-state index contributed by atoms with van der Waals surface area (Å²) in [5, 5.41) is 1.95. The summed E-state index contributed by atoms with van der Waals surface area (Å²) in [6.07, 6.45) is 3.67. The SMILES string of the molecule is CCCCOCCCN1C(=O)C(c2cccs2)=C(N2CCc3ccccc3C2)C1=O. The van der Waals surface area contributed by atoms with Crippen LogP contribution in [-0.2, 0) is 27.3 Å². The molecule has 2 aromatic rings. The van der Waals surface area contributed by atoms with Crippen molar-refractivity contribution in [1.29, 1.82) is 0 Å². The normalized spacial score (nSPS) is 16.6. The number of amides is 2. The Balaban J connectivity index is 1.54. The van der Waals surface area contributed by atoms with Gasteiger partial charge in [-0.1, -0.05) is 43.7 Å². The van der Waals surface area contributed by atoms with Crippen LogP contribution in [-0.4, -0.2) is 47.9 Å². The number of unbranched alkanes of at least 4 members (excludes halogenated alkanes) is 1. The van der Waals surface area contributed by atoms with Gasteiger partial charge in [-0.2, -0.15) is 0 Å². The molecule has 0 atom stereocenters. The molecule has 6 heteroatoms. The molecule has 4 rings (SSSR count). The number of carbonyl (C=O) groups is 2. The number of carbonyl (C=O) groups excluding carboxylic acids is 2. The first-order valence-corrected chi connectivity index (χ1v) is 11.6. The van der Waals surface area contributed by atoms with Gasteiger partial charge in [-0.15, -0.1) is 11.3 Å². The maximum Gasteiger partial charge on any atom is 0.277 e. The highest BCUT2D eigenvalue weighted by Gasteiger charge is 2.42. The number of hydrogen-bond donors (Lipinski definition) is 0. The Morgan fingerprint density at radius 1 is 1.00 bits per heavy atom. The second-order valence-corrected chi connectivity index (χ2v) is 8.67. The number of benzene rings is 1. The maximum absolute atomic E-state index is 13.4. The van der Waals surface area contributed by atoms with Crippen LogP contribution in [0.2, 0.25) is 0 Å². The molecular formula is C24H28N2O3S. The fourth-order valence-corrected chi connectivity index (χ4v) is 4.83. The van der Waals surface area contributed by atoms with Crippen molar-refractivity contribution in [2.45, 2.75) is 39.2 Å². The third-order valence-corrected chi connectivity index (χ3v) is 6.56. The van der Waals surface area contributed by atoms with Crippen LogP contribution in [0.3, 0.4) is 0 Å². The van der Waals surface area contributed by atoms with Crippen LogP contribution >= 0.6 is 11.3 Å². The molecule has 2 amide bonds. The molecule has 30 heavy (non-hydrogen) atoms. The number of imide groups is 1. The lowest BCUT2D eigenvalue weighted by atomic mass is 9.99. The quantitative estimate of drug-likeness (QED) is 0.449. The first kappa shape index (κ1) is 20.8. The van der Waals surface area contributed by atoms with E-state index >= 15 is 0 Å². The zero-order valence-electron chi connectivity index (χ0n) is 17.4. The Kier molecular flexibility index (Phi) is 6.65. The van der Waals surface area contributed by atoms with Crippen LogP contribution in [0.4, 0.5) is 0 Å². The molecule has 0 N–H and O–H groups in total. The summed E-state index contributed by atoms with van der Waals surface area (Å²) in [6.45, 7) is 5.23. The van der Waals surface area contributed by atoms with E-state index in [1.165, 1.54) is 27.4 Å². The summed E-state index contributed by atoms with van der Waals surface area (Å²) in [5.41, 5.74) is 3.67. The van der Waals surface area contributed by atoms with Gasteiger partial charge in [-0.05, 0) is 41.8 Å². The molecule has 0 bridgehead atoms. The highest BCUT2D eigenvalue weighted by molar-refractivity contribution is 7.11. The molecule has 1 aromatic carbocycles. The Bertz CT molecular complexity index is 936. The van der Waals surface area contributed by atoms with Gasteiger partial charge in [0.15, 0.2) is 0 Å². The average Bonchev–Trinajstić information content (AvgIpc) is 3.37. The number of rotatable bonds is 9. The topological polar surface area (TPSA) is 49.9 Å². The van der Waals surface area contributed by atoms with Gasteiger partial charge in [-0.3, -0.25) is 14.5 Å². The summed E-state index contributed by atoms with van der Waals surface area (Å²) in [5.74, 6) is -0.346. The lowest BCUT2D eigenvalue weighted by Gasteiger charge is -2.31. The van der Waals surface area contributed by atoms with Crippen molar-refractivity contribution in [2.75, 3.05) is 26.3 Å². The van der Waals surface area contributed by atoms with E-state index in [0.717, 1.165) is 37.3 Å². The van der Waals surface area contributed by atoms with Crippen molar-refractivity contribution in [3.63, 3.8) is 0 Å². The van der Waals surface area contributed by atoms with Gasteiger partial charge >= 0.3 is 0 Å². The van der Waals surface area contributed by atoms with Crippen LogP contribution < -0.4 is 0 Å². The van der Waals surface area contributed by atoms with E-state index in [-0.39, 0.29) is 11.8 Å². The maximum atomic E-state index is 13.4. The van der Waals surface area contributed by atoms with Gasteiger partial charge in [-0.25, -0.2) is 0 Å². The molecule has 0 radical (unpaired) electrons. The standard InChI is InChI=1S/C24H28N2O3S/c1-2-3-14-29-15-7-12-26-23(27)21(20-10-6-16-30-20)22(24(26)28)25-13-11-18-8-4-5-9-19(18)17-25/h4-6,8-10,16H,2-3,7,11-15,17H2,1H3. The van der Waals surface area contributed by atoms with Gasteiger partial charge in [0.1, 0.15) is 5.70 Å². The van der Waals surface area contributed by atoms with Gasteiger partial charge in [0.05, 0.1) is 5.57 Å². The molecule has 0 spiro atoms. The van der Waals surface area contributed by atoms with Crippen LogP contribution in [0.25, 0.3) is 5.57 Å². The molecule has 0 unspecified atom stereocenters. The zero-order chi connectivity index (χ0) is 20.9. The first-order valence-electron chi connectivity index (χ1n) is 10.7. The van der Waals surface area contributed by atoms with Crippen molar-refractivity contribution in [3.8, 4) is 0 Å². The average molecular weight is 425 g/mol. The molecule has 158 valence electrons. The van der Waals surface area contributed by atoms with Crippen LogP contribution in [0.1, 0.15) is 42.2 Å². The van der Waals surface area contributed by atoms with E-state index < -0.39 is 0 Å². The van der Waals surface area contributed by atoms with Crippen LogP contribution in [0.15, 0.2) is 47.5 Å².